The summed E-state index contributed by atoms with van der Waals surface area (Å²) >= 11 is 4.05. The number of primary amides is 2. The van der Waals surface area contributed by atoms with Crippen molar-refractivity contribution < 1.29 is 19.2 Å². The van der Waals surface area contributed by atoms with Crippen molar-refractivity contribution in [2.45, 2.75) is 49.7 Å². The van der Waals surface area contributed by atoms with Gasteiger partial charge in [-0.1, -0.05) is 0 Å². The fourth-order valence-electron chi connectivity index (χ4n) is 3.77. The molecule has 2 rings (SSSR count). The zero-order chi connectivity index (χ0) is 18.8. The highest BCUT2D eigenvalue weighted by molar-refractivity contribution is 7.80. The summed E-state index contributed by atoms with van der Waals surface area (Å²) in [5, 5.41) is 0. The minimum atomic E-state index is -0.974. The fourth-order valence-corrected chi connectivity index (χ4v) is 3.93. The Morgan fingerprint density at radius 1 is 1.20 bits per heavy atom. The number of carbonyl (C=O) groups excluding carboxylic acids is 4. The molecular formula is C15H25N5O4S. The lowest BCUT2D eigenvalue weighted by Crippen LogP contribution is -2.58. The Morgan fingerprint density at radius 2 is 1.88 bits per heavy atom. The highest BCUT2D eigenvalue weighted by atomic mass is 32.1. The summed E-state index contributed by atoms with van der Waals surface area (Å²) in [4.78, 5) is 51.3. The van der Waals surface area contributed by atoms with Crippen molar-refractivity contribution >= 4 is 36.3 Å². The maximum absolute atomic E-state index is 13.1. The SMILES string of the molecule is NC(=O)CC[C@@H](C(N)=O)N1CCC2(CCCN2C(=O)[C@@H](N)CS)C1=O. The lowest BCUT2D eigenvalue weighted by Gasteiger charge is -2.35. The highest BCUT2D eigenvalue weighted by Gasteiger charge is 2.56. The lowest BCUT2D eigenvalue weighted by molar-refractivity contribution is -0.149. The van der Waals surface area contributed by atoms with Crippen molar-refractivity contribution in [2.75, 3.05) is 18.8 Å². The minimum Gasteiger partial charge on any atom is -0.370 e. The van der Waals surface area contributed by atoms with E-state index in [0.29, 0.717) is 32.4 Å². The Bertz CT molecular complexity index is 586. The first-order valence-corrected chi connectivity index (χ1v) is 8.94. The number of likely N-dealkylation sites (tertiary alicyclic amines) is 2. The number of amides is 4. The topological polar surface area (TPSA) is 153 Å². The Kier molecular flexibility index (Phi) is 5.94. The second-order valence-corrected chi connectivity index (χ2v) is 6.95. The van der Waals surface area contributed by atoms with Crippen LogP contribution in [0.2, 0.25) is 0 Å². The number of hydrogen-bond acceptors (Lipinski definition) is 6. The summed E-state index contributed by atoms with van der Waals surface area (Å²) in [5.74, 6) is -1.68. The molecule has 0 aromatic rings. The van der Waals surface area contributed by atoms with Crippen molar-refractivity contribution in [3.05, 3.63) is 0 Å². The lowest BCUT2D eigenvalue weighted by atomic mass is 9.93. The van der Waals surface area contributed by atoms with Crippen LogP contribution in [0.1, 0.15) is 32.1 Å². The second kappa shape index (κ2) is 7.61. The second-order valence-electron chi connectivity index (χ2n) is 6.59. The van der Waals surface area contributed by atoms with Gasteiger partial charge in [-0.15, -0.1) is 0 Å². The number of nitrogens with zero attached hydrogens (tertiary/aromatic N) is 2. The Morgan fingerprint density at radius 3 is 2.44 bits per heavy atom. The minimum absolute atomic E-state index is 0.0441. The van der Waals surface area contributed by atoms with Crippen LogP contribution in [-0.2, 0) is 19.2 Å². The predicted molar refractivity (Wildman–Crippen MR) is 93.2 cm³/mol. The molecule has 2 fully saturated rings. The molecule has 9 nitrogen and oxygen atoms in total. The molecule has 2 saturated heterocycles. The van der Waals surface area contributed by atoms with Gasteiger partial charge >= 0.3 is 0 Å². The molecule has 140 valence electrons. The van der Waals surface area contributed by atoms with Gasteiger partial charge in [0, 0.05) is 25.3 Å². The molecule has 4 amide bonds. The maximum Gasteiger partial charge on any atom is 0.249 e. The van der Waals surface area contributed by atoms with Gasteiger partial charge in [0.2, 0.25) is 23.6 Å². The van der Waals surface area contributed by atoms with Gasteiger partial charge in [0.1, 0.15) is 11.6 Å². The van der Waals surface area contributed by atoms with Gasteiger partial charge in [0.05, 0.1) is 6.04 Å². The molecule has 0 aromatic heterocycles. The normalized spacial score (nSPS) is 25.4. The third-order valence-electron chi connectivity index (χ3n) is 5.06. The number of hydrogen-bond donors (Lipinski definition) is 4. The van der Waals surface area contributed by atoms with Gasteiger partial charge in [-0.25, -0.2) is 0 Å². The Hall–Kier alpha value is -1.81. The van der Waals surface area contributed by atoms with Crippen LogP contribution < -0.4 is 17.2 Å². The summed E-state index contributed by atoms with van der Waals surface area (Å²) in [6.07, 6.45) is 1.66. The Balaban J connectivity index is 2.22. The van der Waals surface area contributed by atoms with Crippen LogP contribution in [0.3, 0.4) is 0 Å². The third kappa shape index (κ3) is 3.59. The van der Waals surface area contributed by atoms with E-state index in [-0.39, 0.29) is 30.4 Å². The summed E-state index contributed by atoms with van der Waals surface area (Å²) < 4.78 is 0. The predicted octanol–water partition coefficient (Wildman–Crippen LogP) is -2.04. The van der Waals surface area contributed by atoms with Crippen molar-refractivity contribution in [3.8, 4) is 0 Å². The average molecular weight is 371 g/mol. The third-order valence-corrected chi connectivity index (χ3v) is 5.46. The molecule has 0 radical (unpaired) electrons. The zero-order valence-electron chi connectivity index (χ0n) is 14.0. The smallest absolute Gasteiger partial charge is 0.249 e. The number of thiol groups is 1. The van der Waals surface area contributed by atoms with Gasteiger partial charge in [-0.2, -0.15) is 12.6 Å². The molecule has 0 aromatic carbocycles. The average Bonchev–Trinajstić information content (AvgIpc) is 3.12. The first-order chi connectivity index (χ1) is 11.7. The van der Waals surface area contributed by atoms with Gasteiger partial charge in [-0.3, -0.25) is 19.2 Å². The summed E-state index contributed by atoms with van der Waals surface area (Å²) in [6.45, 7) is 0.744. The van der Waals surface area contributed by atoms with Crippen LogP contribution >= 0.6 is 12.6 Å². The van der Waals surface area contributed by atoms with E-state index in [1.807, 2.05) is 0 Å². The van der Waals surface area contributed by atoms with Crippen molar-refractivity contribution in [1.29, 1.82) is 0 Å². The first kappa shape index (κ1) is 19.5. The van der Waals surface area contributed by atoms with E-state index in [1.165, 1.54) is 9.80 Å². The van der Waals surface area contributed by atoms with Crippen LogP contribution in [0.5, 0.6) is 0 Å². The Labute approximate surface area is 151 Å². The van der Waals surface area contributed by atoms with Crippen molar-refractivity contribution in [2.24, 2.45) is 17.2 Å². The van der Waals surface area contributed by atoms with Gasteiger partial charge in [-0.05, 0) is 25.7 Å². The molecule has 2 aliphatic rings. The number of nitrogens with two attached hydrogens (primary N) is 3. The van der Waals surface area contributed by atoms with E-state index in [0.717, 1.165) is 0 Å². The monoisotopic (exact) mass is 371 g/mol. The number of carbonyl (C=O) groups is 4. The molecule has 2 aliphatic heterocycles. The van der Waals surface area contributed by atoms with Crippen LogP contribution in [0, 0.1) is 0 Å². The molecule has 0 bridgehead atoms. The molecular weight excluding hydrogens is 346 g/mol. The quantitative estimate of drug-likeness (QED) is 0.380. The molecule has 2 heterocycles. The van der Waals surface area contributed by atoms with Crippen LogP contribution in [0.4, 0.5) is 0 Å². The molecule has 1 spiro atoms. The van der Waals surface area contributed by atoms with Gasteiger partial charge in [0.25, 0.3) is 0 Å². The largest absolute Gasteiger partial charge is 0.370 e. The van der Waals surface area contributed by atoms with E-state index in [9.17, 15) is 19.2 Å². The molecule has 25 heavy (non-hydrogen) atoms. The van der Waals surface area contributed by atoms with Gasteiger partial charge < -0.3 is 27.0 Å². The summed E-state index contributed by atoms with van der Waals surface area (Å²) in [5.41, 5.74) is 15.4. The summed E-state index contributed by atoms with van der Waals surface area (Å²) in [7, 11) is 0. The van der Waals surface area contributed by atoms with E-state index in [4.69, 9.17) is 17.2 Å². The van der Waals surface area contributed by atoms with E-state index in [2.05, 4.69) is 12.6 Å². The molecule has 10 heteroatoms. The first-order valence-electron chi connectivity index (χ1n) is 8.31. The molecule has 3 atom stereocenters. The maximum atomic E-state index is 13.1. The summed E-state index contributed by atoms with van der Waals surface area (Å²) in [6, 6.07) is -1.68. The fraction of sp³-hybridized carbons (Fsp3) is 0.733. The van der Waals surface area contributed by atoms with E-state index < -0.39 is 29.4 Å². The van der Waals surface area contributed by atoms with Crippen LogP contribution in [-0.4, -0.2) is 69.9 Å². The van der Waals surface area contributed by atoms with Crippen molar-refractivity contribution in [3.63, 3.8) is 0 Å². The zero-order valence-corrected chi connectivity index (χ0v) is 14.9. The standard InChI is InChI=1S/C15H25N5O4S/c16-9(8-25)13(23)20-6-1-4-15(20)5-7-19(14(15)24)10(12(18)22)2-3-11(17)21/h9-10,25H,1-8,16H2,(H2,17,21)(H2,18,22)/t9-,10-,15?/m0/s1. The molecule has 1 unspecified atom stereocenters. The number of rotatable bonds is 7. The van der Waals surface area contributed by atoms with E-state index in [1.54, 1.807) is 0 Å². The molecule has 0 aliphatic carbocycles. The van der Waals surface area contributed by atoms with Crippen LogP contribution in [0.15, 0.2) is 0 Å². The highest BCUT2D eigenvalue weighted by Crippen LogP contribution is 2.40. The molecule has 6 N–H and O–H groups in total. The molecule has 0 saturated carbocycles. The van der Waals surface area contributed by atoms with E-state index >= 15 is 0 Å². The van der Waals surface area contributed by atoms with Crippen LogP contribution in [0.25, 0.3) is 0 Å². The van der Waals surface area contributed by atoms with Crippen molar-refractivity contribution in [1.82, 2.24) is 9.80 Å². The van der Waals surface area contributed by atoms with Gasteiger partial charge in [0.15, 0.2) is 0 Å².